The van der Waals surface area contributed by atoms with Crippen molar-refractivity contribution in [1.29, 1.82) is 0 Å². The molecule has 0 fully saturated rings. The van der Waals surface area contributed by atoms with Crippen LogP contribution in [-0.2, 0) is 16.0 Å². The molecule has 23 heavy (non-hydrogen) atoms. The average molecular weight is 319 g/mol. The van der Waals surface area contributed by atoms with Gasteiger partial charge in [-0.25, -0.2) is 0 Å². The largest absolute Gasteiger partial charge is 0.466 e. The van der Waals surface area contributed by atoms with Crippen molar-refractivity contribution in [3.63, 3.8) is 0 Å². The maximum atomic E-state index is 11.7. The summed E-state index contributed by atoms with van der Waals surface area (Å²) in [4.78, 5) is 11.7. The number of benzene rings is 1. The molecule has 0 bridgehead atoms. The number of aryl methyl sites for hydroxylation is 1. The quantitative estimate of drug-likeness (QED) is 0.307. The van der Waals surface area contributed by atoms with E-state index in [4.69, 9.17) is 4.74 Å². The standard InChI is InChI=1S/C21H34O2/c1-2-3-4-5-6-7-8-9-10-14-19-23-21(22)18-17-20-15-12-11-13-16-20/h11-13,15-16H,2-10,14,17-19H2,1H3. The van der Waals surface area contributed by atoms with Crippen molar-refractivity contribution in [3.8, 4) is 0 Å². The van der Waals surface area contributed by atoms with Crippen LogP contribution < -0.4 is 0 Å². The van der Waals surface area contributed by atoms with Crippen LogP contribution >= 0.6 is 0 Å². The first-order chi connectivity index (χ1) is 11.3. The first-order valence-corrected chi connectivity index (χ1v) is 9.52. The van der Waals surface area contributed by atoms with Gasteiger partial charge in [-0.05, 0) is 18.4 Å². The van der Waals surface area contributed by atoms with Crippen molar-refractivity contribution < 1.29 is 9.53 Å². The number of rotatable bonds is 14. The van der Waals surface area contributed by atoms with Crippen LogP contribution in [0.3, 0.4) is 0 Å². The second-order valence-corrected chi connectivity index (χ2v) is 6.39. The molecule has 0 aliphatic rings. The molecule has 0 unspecified atom stereocenters. The van der Waals surface area contributed by atoms with E-state index < -0.39 is 0 Å². The van der Waals surface area contributed by atoms with E-state index in [2.05, 4.69) is 19.1 Å². The molecule has 0 aromatic heterocycles. The third-order valence-corrected chi connectivity index (χ3v) is 4.22. The molecule has 0 heterocycles. The van der Waals surface area contributed by atoms with Gasteiger partial charge in [-0.2, -0.15) is 0 Å². The number of unbranched alkanes of at least 4 members (excludes halogenated alkanes) is 9. The summed E-state index contributed by atoms with van der Waals surface area (Å²) in [6.07, 6.45) is 14.3. The van der Waals surface area contributed by atoms with E-state index in [0.717, 1.165) is 12.8 Å². The fourth-order valence-corrected chi connectivity index (χ4v) is 2.74. The number of carbonyl (C=O) groups is 1. The molecule has 1 aromatic rings. The smallest absolute Gasteiger partial charge is 0.306 e. The highest BCUT2D eigenvalue weighted by Gasteiger charge is 2.03. The summed E-state index contributed by atoms with van der Waals surface area (Å²) in [5.41, 5.74) is 1.20. The summed E-state index contributed by atoms with van der Waals surface area (Å²) in [5.74, 6) is -0.0650. The van der Waals surface area contributed by atoms with E-state index in [-0.39, 0.29) is 5.97 Å². The molecule has 1 rings (SSSR count). The normalized spacial score (nSPS) is 10.7. The minimum absolute atomic E-state index is 0.0650. The predicted molar refractivity (Wildman–Crippen MR) is 97.6 cm³/mol. The lowest BCUT2D eigenvalue weighted by Crippen LogP contribution is -2.07. The average Bonchev–Trinajstić information content (AvgIpc) is 2.59. The maximum absolute atomic E-state index is 11.7. The second-order valence-electron chi connectivity index (χ2n) is 6.39. The van der Waals surface area contributed by atoms with Crippen molar-refractivity contribution in [3.05, 3.63) is 35.9 Å². The molecule has 2 heteroatoms. The van der Waals surface area contributed by atoms with Crippen molar-refractivity contribution in [2.75, 3.05) is 6.61 Å². The molecular formula is C21H34O2. The Morgan fingerprint density at radius 1 is 0.826 bits per heavy atom. The third kappa shape index (κ3) is 11.9. The molecule has 2 nitrogen and oxygen atoms in total. The topological polar surface area (TPSA) is 26.3 Å². The monoisotopic (exact) mass is 318 g/mol. The Bertz CT molecular complexity index is 386. The molecule has 130 valence electrons. The molecule has 0 N–H and O–H groups in total. The van der Waals surface area contributed by atoms with Crippen molar-refractivity contribution in [1.82, 2.24) is 0 Å². The minimum Gasteiger partial charge on any atom is -0.466 e. The lowest BCUT2D eigenvalue weighted by Gasteiger charge is -2.05. The van der Waals surface area contributed by atoms with Gasteiger partial charge < -0.3 is 4.74 Å². The summed E-state index contributed by atoms with van der Waals surface area (Å²) < 4.78 is 5.30. The van der Waals surface area contributed by atoms with E-state index >= 15 is 0 Å². The maximum Gasteiger partial charge on any atom is 0.306 e. The van der Waals surface area contributed by atoms with E-state index in [1.807, 2.05) is 18.2 Å². The van der Waals surface area contributed by atoms with Crippen LogP contribution in [0.1, 0.15) is 83.1 Å². The zero-order valence-corrected chi connectivity index (χ0v) is 14.9. The predicted octanol–water partition coefficient (Wildman–Crippen LogP) is 6.08. The molecule has 0 saturated heterocycles. The summed E-state index contributed by atoms with van der Waals surface area (Å²) in [6.45, 7) is 2.85. The van der Waals surface area contributed by atoms with E-state index in [9.17, 15) is 4.79 Å². The molecule has 0 amide bonds. The Morgan fingerprint density at radius 3 is 2.00 bits per heavy atom. The van der Waals surface area contributed by atoms with Gasteiger partial charge in [0.15, 0.2) is 0 Å². The van der Waals surface area contributed by atoms with Crippen molar-refractivity contribution in [2.45, 2.75) is 84.0 Å². The van der Waals surface area contributed by atoms with Gasteiger partial charge in [0, 0.05) is 6.42 Å². The zero-order chi connectivity index (χ0) is 16.6. The summed E-state index contributed by atoms with van der Waals surface area (Å²) in [6, 6.07) is 10.1. The van der Waals surface area contributed by atoms with Gasteiger partial charge in [-0.15, -0.1) is 0 Å². The van der Waals surface area contributed by atoms with Gasteiger partial charge in [0.2, 0.25) is 0 Å². The number of ether oxygens (including phenoxy) is 1. The van der Waals surface area contributed by atoms with Crippen molar-refractivity contribution in [2.24, 2.45) is 0 Å². The van der Waals surface area contributed by atoms with Crippen LogP contribution in [0.25, 0.3) is 0 Å². The van der Waals surface area contributed by atoms with Crippen molar-refractivity contribution >= 4 is 5.97 Å². The van der Waals surface area contributed by atoms with Gasteiger partial charge in [0.25, 0.3) is 0 Å². The van der Waals surface area contributed by atoms with Crippen LogP contribution in [0.2, 0.25) is 0 Å². The van der Waals surface area contributed by atoms with Gasteiger partial charge in [-0.3, -0.25) is 4.79 Å². The van der Waals surface area contributed by atoms with Crippen LogP contribution in [0.4, 0.5) is 0 Å². The Kier molecular flexibility index (Phi) is 12.3. The fraction of sp³-hybridized carbons (Fsp3) is 0.667. The highest BCUT2D eigenvalue weighted by molar-refractivity contribution is 5.69. The molecule has 1 aromatic carbocycles. The Balaban J connectivity index is 1.84. The Morgan fingerprint density at radius 2 is 1.39 bits per heavy atom. The zero-order valence-electron chi connectivity index (χ0n) is 14.9. The number of carbonyl (C=O) groups excluding carboxylic acids is 1. The van der Waals surface area contributed by atoms with Crippen LogP contribution in [0.15, 0.2) is 30.3 Å². The third-order valence-electron chi connectivity index (χ3n) is 4.22. The highest BCUT2D eigenvalue weighted by atomic mass is 16.5. The molecule has 0 atom stereocenters. The van der Waals surface area contributed by atoms with E-state index in [0.29, 0.717) is 13.0 Å². The minimum atomic E-state index is -0.0650. The number of hydrogen-bond donors (Lipinski definition) is 0. The lowest BCUT2D eigenvalue weighted by molar-refractivity contribution is -0.143. The van der Waals surface area contributed by atoms with Gasteiger partial charge >= 0.3 is 5.97 Å². The first-order valence-electron chi connectivity index (χ1n) is 9.52. The molecule has 0 aliphatic carbocycles. The lowest BCUT2D eigenvalue weighted by atomic mass is 10.1. The molecule has 0 spiro atoms. The molecule has 0 aliphatic heterocycles. The summed E-state index contributed by atoms with van der Waals surface area (Å²) in [7, 11) is 0. The Hall–Kier alpha value is -1.31. The number of esters is 1. The van der Waals surface area contributed by atoms with Crippen LogP contribution in [-0.4, -0.2) is 12.6 Å². The first kappa shape index (κ1) is 19.7. The Labute approximate surface area is 142 Å². The summed E-state index contributed by atoms with van der Waals surface area (Å²) >= 11 is 0. The highest BCUT2D eigenvalue weighted by Crippen LogP contribution is 2.10. The molecule has 0 radical (unpaired) electrons. The van der Waals surface area contributed by atoms with Crippen LogP contribution in [0.5, 0.6) is 0 Å². The fourth-order valence-electron chi connectivity index (χ4n) is 2.74. The summed E-state index contributed by atoms with van der Waals surface area (Å²) in [5, 5.41) is 0. The number of hydrogen-bond acceptors (Lipinski definition) is 2. The van der Waals surface area contributed by atoms with Gasteiger partial charge in [0.1, 0.15) is 0 Å². The van der Waals surface area contributed by atoms with Gasteiger partial charge in [-0.1, -0.05) is 95.0 Å². The van der Waals surface area contributed by atoms with Gasteiger partial charge in [0.05, 0.1) is 6.61 Å². The molecular weight excluding hydrogens is 284 g/mol. The second kappa shape index (κ2) is 14.3. The van der Waals surface area contributed by atoms with Crippen LogP contribution in [0, 0.1) is 0 Å². The van der Waals surface area contributed by atoms with E-state index in [1.54, 1.807) is 0 Å². The van der Waals surface area contributed by atoms with E-state index in [1.165, 1.54) is 63.4 Å². The molecule has 0 saturated carbocycles. The SMILES string of the molecule is CCCCCCCCCCCCOC(=O)CCc1ccccc1.